The second-order valence-corrected chi connectivity index (χ2v) is 14.3. The first-order valence-electron chi connectivity index (χ1n) is 18.8. The minimum atomic E-state index is 0.539. The number of furan rings is 2. The molecule has 0 bridgehead atoms. The lowest BCUT2D eigenvalue weighted by molar-refractivity contribution is 0.668. The molecule has 0 spiro atoms. The lowest BCUT2D eigenvalue weighted by Crippen LogP contribution is -2.00. The standard InChI is InChI=1S/C51H29N3O2/c1-2-12-30(13-3-1)49-52-50(41-20-11-23-45-47(41)40-18-8-9-22-44(40)55-45)54-51(53-49)42-21-10-19-39-38-27-25-32(29-46(38)56-48(39)42)31-24-26-37-35-16-5-4-14-33(35)34-15-6-7-17-36(34)43(37)28-31/h1-29H. The van der Waals surface area contributed by atoms with Gasteiger partial charge in [-0.25, -0.2) is 15.0 Å². The highest BCUT2D eigenvalue weighted by Crippen LogP contribution is 2.41. The molecule has 12 aromatic rings. The summed E-state index contributed by atoms with van der Waals surface area (Å²) in [6, 6.07) is 61.1. The van der Waals surface area contributed by atoms with Crippen molar-refractivity contribution in [1.29, 1.82) is 0 Å². The molecule has 0 N–H and O–H groups in total. The molecule has 3 heterocycles. The van der Waals surface area contributed by atoms with Gasteiger partial charge in [-0.15, -0.1) is 0 Å². The number of nitrogens with zero attached hydrogens (tertiary/aromatic N) is 3. The van der Waals surface area contributed by atoms with Gasteiger partial charge in [-0.1, -0.05) is 140 Å². The summed E-state index contributed by atoms with van der Waals surface area (Å²) in [6.07, 6.45) is 0. The Hall–Kier alpha value is -7.63. The topological polar surface area (TPSA) is 65.0 Å². The van der Waals surface area contributed by atoms with E-state index in [9.17, 15) is 0 Å². The van der Waals surface area contributed by atoms with Crippen molar-refractivity contribution in [2.75, 3.05) is 0 Å². The van der Waals surface area contributed by atoms with Gasteiger partial charge < -0.3 is 8.83 Å². The fourth-order valence-corrected chi connectivity index (χ4v) is 8.54. The molecule has 5 heteroatoms. The van der Waals surface area contributed by atoms with E-state index in [4.69, 9.17) is 23.8 Å². The number of benzene rings is 9. The molecular weight excluding hydrogens is 687 g/mol. The molecule has 0 radical (unpaired) electrons. The largest absolute Gasteiger partial charge is 0.456 e. The van der Waals surface area contributed by atoms with Crippen LogP contribution in [0.4, 0.5) is 0 Å². The van der Waals surface area contributed by atoms with E-state index in [1.165, 1.54) is 32.3 Å². The number of aromatic nitrogens is 3. The number of para-hydroxylation sites is 2. The third-order valence-corrected chi connectivity index (χ3v) is 11.1. The molecule has 0 saturated carbocycles. The van der Waals surface area contributed by atoms with Crippen LogP contribution in [0, 0.1) is 0 Å². The summed E-state index contributed by atoms with van der Waals surface area (Å²) in [5, 5.41) is 11.6. The molecule has 0 aliphatic heterocycles. The zero-order chi connectivity index (χ0) is 36.7. The summed E-state index contributed by atoms with van der Waals surface area (Å²) in [5.41, 5.74) is 7.96. The van der Waals surface area contributed by atoms with Crippen LogP contribution in [-0.4, -0.2) is 15.0 Å². The van der Waals surface area contributed by atoms with E-state index >= 15 is 0 Å². The Labute approximate surface area is 320 Å². The van der Waals surface area contributed by atoms with Crippen LogP contribution in [-0.2, 0) is 0 Å². The van der Waals surface area contributed by atoms with E-state index in [0.717, 1.165) is 71.7 Å². The summed E-state index contributed by atoms with van der Waals surface area (Å²) in [4.78, 5) is 15.3. The second kappa shape index (κ2) is 11.9. The fraction of sp³-hybridized carbons (Fsp3) is 0. The lowest BCUT2D eigenvalue weighted by Gasteiger charge is -2.12. The van der Waals surface area contributed by atoms with Crippen LogP contribution in [0.2, 0.25) is 0 Å². The van der Waals surface area contributed by atoms with Crippen molar-refractivity contribution in [2.45, 2.75) is 0 Å². The Morgan fingerprint density at radius 1 is 0.286 bits per heavy atom. The van der Waals surface area contributed by atoms with E-state index in [-0.39, 0.29) is 0 Å². The monoisotopic (exact) mass is 715 g/mol. The van der Waals surface area contributed by atoms with Crippen molar-refractivity contribution in [3.63, 3.8) is 0 Å². The second-order valence-electron chi connectivity index (χ2n) is 14.3. The smallest absolute Gasteiger partial charge is 0.167 e. The van der Waals surface area contributed by atoms with E-state index in [1.807, 2.05) is 66.7 Å². The van der Waals surface area contributed by atoms with Crippen molar-refractivity contribution >= 4 is 76.2 Å². The van der Waals surface area contributed by atoms with E-state index < -0.39 is 0 Å². The number of fused-ring (bicyclic) bond motifs is 12. The van der Waals surface area contributed by atoms with Crippen LogP contribution in [0.5, 0.6) is 0 Å². The Kier molecular flexibility index (Phi) is 6.56. The Bertz CT molecular complexity index is 3510. The van der Waals surface area contributed by atoms with Gasteiger partial charge >= 0.3 is 0 Å². The maximum Gasteiger partial charge on any atom is 0.167 e. The Morgan fingerprint density at radius 3 is 1.59 bits per heavy atom. The van der Waals surface area contributed by atoms with Crippen LogP contribution in [0.15, 0.2) is 185 Å². The molecule has 12 rings (SSSR count). The third kappa shape index (κ3) is 4.64. The molecule has 0 fully saturated rings. The molecule has 0 unspecified atom stereocenters. The minimum absolute atomic E-state index is 0.539. The van der Waals surface area contributed by atoms with Crippen LogP contribution < -0.4 is 0 Å². The normalized spacial score (nSPS) is 11.9. The lowest BCUT2D eigenvalue weighted by atomic mass is 9.92. The van der Waals surface area contributed by atoms with Crippen molar-refractivity contribution in [3.8, 4) is 45.3 Å². The zero-order valence-corrected chi connectivity index (χ0v) is 29.9. The van der Waals surface area contributed by atoms with Gasteiger partial charge in [0, 0.05) is 32.7 Å². The maximum atomic E-state index is 6.81. The minimum Gasteiger partial charge on any atom is -0.456 e. The Balaban J connectivity index is 1.04. The Morgan fingerprint density at radius 2 is 0.821 bits per heavy atom. The highest BCUT2D eigenvalue weighted by Gasteiger charge is 2.21. The molecule has 0 amide bonds. The van der Waals surface area contributed by atoms with Gasteiger partial charge in [0.15, 0.2) is 17.5 Å². The van der Waals surface area contributed by atoms with Crippen molar-refractivity contribution in [2.24, 2.45) is 0 Å². The first-order chi connectivity index (χ1) is 27.7. The van der Waals surface area contributed by atoms with Crippen LogP contribution in [0.3, 0.4) is 0 Å². The van der Waals surface area contributed by atoms with Gasteiger partial charge in [0.05, 0.1) is 5.56 Å². The molecule has 0 saturated heterocycles. The predicted octanol–water partition coefficient (Wildman–Crippen LogP) is 13.8. The first kappa shape index (κ1) is 30.8. The number of hydrogen-bond donors (Lipinski definition) is 0. The van der Waals surface area contributed by atoms with Crippen LogP contribution in [0.1, 0.15) is 0 Å². The van der Waals surface area contributed by atoms with Gasteiger partial charge in [0.25, 0.3) is 0 Å². The summed E-state index contributed by atoms with van der Waals surface area (Å²) in [6.45, 7) is 0. The van der Waals surface area contributed by atoms with Crippen molar-refractivity contribution < 1.29 is 8.83 Å². The van der Waals surface area contributed by atoms with Crippen LogP contribution in [0.25, 0.3) is 121 Å². The predicted molar refractivity (Wildman–Crippen MR) is 229 cm³/mol. The summed E-state index contributed by atoms with van der Waals surface area (Å²) < 4.78 is 13.1. The maximum absolute atomic E-state index is 6.81. The van der Waals surface area contributed by atoms with E-state index in [0.29, 0.717) is 17.5 Å². The molecule has 0 aliphatic carbocycles. The average molecular weight is 716 g/mol. The number of rotatable bonds is 4. The summed E-state index contributed by atoms with van der Waals surface area (Å²) in [5.74, 6) is 1.69. The zero-order valence-electron chi connectivity index (χ0n) is 29.9. The van der Waals surface area contributed by atoms with Gasteiger partial charge in [-0.2, -0.15) is 0 Å². The van der Waals surface area contributed by atoms with Gasteiger partial charge in [-0.05, 0) is 79.8 Å². The summed E-state index contributed by atoms with van der Waals surface area (Å²) in [7, 11) is 0. The quantitative estimate of drug-likeness (QED) is 0.170. The molecule has 3 aromatic heterocycles. The van der Waals surface area contributed by atoms with E-state index in [2.05, 4.69) is 109 Å². The molecule has 0 aliphatic rings. The van der Waals surface area contributed by atoms with Gasteiger partial charge in [-0.3, -0.25) is 0 Å². The van der Waals surface area contributed by atoms with E-state index in [1.54, 1.807) is 0 Å². The highest BCUT2D eigenvalue weighted by molar-refractivity contribution is 6.26. The van der Waals surface area contributed by atoms with Crippen molar-refractivity contribution in [1.82, 2.24) is 15.0 Å². The molecule has 260 valence electrons. The van der Waals surface area contributed by atoms with Crippen molar-refractivity contribution in [3.05, 3.63) is 176 Å². The number of hydrogen-bond acceptors (Lipinski definition) is 5. The molecule has 56 heavy (non-hydrogen) atoms. The summed E-state index contributed by atoms with van der Waals surface area (Å²) >= 11 is 0. The van der Waals surface area contributed by atoms with Crippen LogP contribution >= 0.6 is 0 Å². The molecule has 5 nitrogen and oxygen atoms in total. The molecular formula is C51H29N3O2. The fourth-order valence-electron chi connectivity index (χ4n) is 8.54. The van der Waals surface area contributed by atoms with Gasteiger partial charge in [0.2, 0.25) is 0 Å². The first-order valence-corrected chi connectivity index (χ1v) is 18.8. The average Bonchev–Trinajstić information content (AvgIpc) is 3.85. The highest BCUT2D eigenvalue weighted by atomic mass is 16.3. The molecule has 0 atom stereocenters. The molecule has 9 aromatic carbocycles. The SMILES string of the molecule is c1ccc(-c2nc(-c3cccc4c3oc3cc(-c5ccc6c7ccccc7c7ccccc7c6c5)ccc34)nc(-c3cccc4oc5ccccc5c34)n2)cc1. The third-order valence-electron chi connectivity index (χ3n) is 11.1. The van der Waals surface area contributed by atoms with Gasteiger partial charge in [0.1, 0.15) is 22.3 Å².